The van der Waals surface area contributed by atoms with Crippen LogP contribution in [0.4, 0.5) is 5.82 Å². The summed E-state index contributed by atoms with van der Waals surface area (Å²) in [4.78, 5) is 20.8. The molecule has 1 amide bonds. The largest absolute Gasteiger partial charge is 0.383 e. The average molecular weight is 268 g/mol. The minimum Gasteiger partial charge on any atom is -0.383 e. The number of amides is 1. The highest BCUT2D eigenvalue weighted by atomic mass is 32.2. The number of thioether (sulfide) groups is 1. The lowest BCUT2D eigenvalue weighted by molar-refractivity contribution is -0.119. The summed E-state index contributed by atoms with van der Waals surface area (Å²) in [6, 6.07) is 1.89. The van der Waals surface area contributed by atoms with Crippen LogP contribution in [0.1, 0.15) is 6.92 Å². The van der Waals surface area contributed by atoms with E-state index in [1.54, 1.807) is 7.05 Å². The van der Waals surface area contributed by atoms with Crippen LogP contribution in [0.5, 0.6) is 0 Å². The molecule has 0 spiro atoms. The third kappa shape index (κ3) is 2.50. The maximum absolute atomic E-state index is 11.4. The Hall–Kier alpha value is -1.34. The second kappa shape index (κ2) is 4.89. The SMILES string of the molecule is CNC(=O)C(C)Sc1nc(N)c2ccsc2n1. The topological polar surface area (TPSA) is 80.9 Å². The Bertz CT molecular complexity index is 554. The third-order valence-electron chi connectivity index (χ3n) is 2.23. The lowest BCUT2D eigenvalue weighted by Gasteiger charge is -2.08. The number of thiophene rings is 1. The number of nitrogen functional groups attached to an aromatic ring is 1. The third-order valence-corrected chi connectivity index (χ3v) is 4.00. The molecule has 2 aromatic heterocycles. The van der Waals surface area contributed by atoms with Crippen molar-refractivity contribution in [3.8, 4) is 0 Å². The quantitative estimate of drug-likeness (QED) is 0.651. The summed E-state index contributed by atoms with van der Waals surface area (Å²) in [5, 5.41) is 5.67. The Labute approximate surface area is 107 Å². The monoisotopic (exact) mass is 268 g/mol. The molecule has 5 nitrogen and oxygen atoms in total. The van der Waals surface area contributed by atoms with Gasteiger partial charge in [0.15, 0.2) is 5.16 Å². The Morgan fingerprint density at radius 1 is 1.59 bits per heavy atom. The number of hydrogen-bond donors (Lipinski definition) is 2. The van der Waals surface area contributed by atoms with Crippen molar-refractivity contribution in [3.05, 3.63) is 11.4 Å². The zero-order valence-corrected chi connectivity index (χ0v) is 11.1. The van der Waals surface area contributed by atoms with Crippen molar-refractivity contribution in [2.75, 3.05) is 12.8 Å². The summed E-state index contributed by atoms with van der Waals surface area (Å²) in [7, 11) is 1.61. The molecule has 0 aliphatic carbocycles. The summed E-state index contributed by atoms with van der Waals surface area (Å²) in [6.07, 6.45) is 0. The van der Waals surface area contributed by atoms with E-state index < -0.39 is 0 Å². The molecule has 1 atom stereocenters. The normalized spacial score (nSPS) is 12.6. The molecule has 0 aliphatic heterocycles. The van der Waals surface area contributed by atoms with E-state index in [2.05, 4.69) is 15.3 Å². The molecule has 0 radical (unpaired) electrons. The van der Waals surface area contributed by atoms with Crippen molar-refractivity contribution >= 4 is 45.0 Å². The molecular weight excluding hydrogens is 256 g/mol. The van der Waals surface area contributed by atoms with Crippen LogP contribution in [0.2, 0.25) is 0 Å². The number of nitrogens with one attached hydrogen (secondary N) is 1. The predicted molar refractivity (Wildman–Crippen MR) is 71.2 cm³/mol. The second-order valence-electron chi connectivity index (χ2n) is 3.41. The van der Waals surface area contributed by atoms with Crippen LogP contribution >= 0.6 is 23.1 Å². The van der Waals surface area contributed by atoms with Gasteiger partial charge in [0.05, 0.1) is 10.6 Å². The zero-order chi connectivity index (χ0) is 12.4. The van der Waals surface area contributed by atoms with E-state index in [0.717, 1.165) is 10.2 Å². The highest BCUT2D eigenvalue weighted by Crippen LogP contribution is 2.27. The van der Waals surface area contributed by atoms with Crippen molar-refractivity contribution in [2.24, 2.45) is 0 Å². The van der Waals surface area contributed by atoms with Gasteiger partial charge in [0.1, 0.15) is 10.6 Å². The maximum Gasteiger partial charge on any atom is 0.233 e. The van der Waals surface area contributed by atoms with Crippen LogP contribution in [-0.2, 0) is 4.79 Å². The molecule has 0 saturated carbocycles. The van der Waals surface area contributed by atoms with Gasteiger partial charge in [-0.1, -0.05) is 11.8 Å². The van der Waals surface area contributed by atoms with E-state index in [9.17, 15) is 4.79 Å². The van der Waals surface area contributed by atoms with Crippen LogP contribution in [0, 0.1) is 0 Å². The standard InChI is InChI=1S/C10H12N4OS2/c1-5(8(15)12-2)17-10-13-7(11)6-3-4-16-9(6)14-10/h3-5H,1-2H3,(H,12,15)(H2,11,13,14). The smallest absolute Gasteiger partial charge is 0.233 e. The lowest BCUT2D eigenvalue weighted by atomic mass is 10.4. The number of nitrogens with two attached hydrogens (primary N) is 1. The maximum atomic E-state index is 11.4. The fourth-order valence-corrected chi connectivity index (χ4v) is 2.99. The first kappa shape index (κ1) is 12.1. The molecule has 90 valence electrons. The number of aromatic nitrogens is 2. The molecule has 2 heterocycles. The van der Waals surface area contributed by atoms with Gasteiger partial charge in [-0.15, -0.1) is 11.3 Å². The number of rotatable bonds is 3. The van der Waals surface area contributed by atoms with Crippen molar-refractivity contribution in [1.82, 2.24) is 15.3 Å². The molecular formula is C10H12N4OS2. The van der Waals surface area contributed by atoms with E-state index >= 15 is 0 Å². The first-order valence-corrected chi connectivity index (χ1v) is 6.76. The van der Waals surface area contributed by atoms with Crippen molar-refractivity contribution in [1.29, 1.82) is 0 Å². The first-order valence-electron chi connectivity index (χ1n) is 5.00. The molecule has 0 aliphatic rings. The van der Waals surface area contributed by atoms with Crippen LogP contribution in [0.15, 0.2) is 16.6 Å². The Balaban J connectivity index is 2.27. The van der Waals surface area contributed by atoms with Crippen LogP contribution in [0.25, 0.3) is 10.2 Å². The summed E-state index contributed by atoms with van der Waals surface area (Å²) in [6.45, 7) is 1.81. The molecule has 0 aromatic carbocycles. The van der Waals surface area contributed by atoms with Gasteiger partial charge in [-0.2, -0.15) is 0 Å². The average Bonchev–Trinajstić information content (AvgIpc) is 2.76. The summed E-state index contributed by atoms with van der Waals surface area (Å²) < 4.78 is 0. The Kier molecular flexibility index (Phi) is 3.49. The first-order chi connectivity index (χ1) is 8.11. The molecule has 0 saturated heterocycles. The van der Waals surface area contributed by atoms with E-state index in [4.69, 9.17) is 5.73 Å². The summed E-state index contributed by atoms with van der Waals surface area (Å²) >= 11 is 2.81. The second-order valence-corrected chi connectivity index (χ2v) is 5.61. The van der Waals surface area contributed by atoms with Gasteiger partial charge in [-0.3, -0.25) is 4.79 Å². The minimum absolute atomic E-state index is 0.0524. The number of hydrogen-bond acceptors (Lipinski definition) is 6. The molecule has 17 heavy (non-hydrogen) atoms. The number of carbonyl (C=O) groups is 1. The van der Waals surface area contributed by atoms with Crippen LogP contribution in [0.3, 0.4) is 0 Å². The molecule has 3 N–H and O–H groups in total. The van der Waals surface area contributed by atoms with Gasteiger partial charge in [-0.05, 0) is 18.4 Å². The van der Waals surface area contributed by atoms with E-state index in [1.165, 1.54) is 23.1 Å². The highest BCUT2D eigenvalue weighted by molar-refractivity contribution is 8.00. The highest BCUT2D eigenvalue weighted by Gasteiger charge is 2.15. The number of fused-ring (bicyclic) bond motifs is 1. The summed E-state index contributed by atoms with van der Waals surface area (Å²) in [5.74, 6) is 0.409. The van der Waals surface area contributed by atoms with Crippen molar-refractivity contribution in [2.45, 2.75) is 17.3 Å². The molecule has 7 heteroatoms. The fourth-order valence-electron chi connectivity index (χ4n) is 1.33. The Morgan fingerprint density at radius 3 is 3.06 bits per heavy atom. The number of nitrogens with zero attached hydrogens (tertiary/aromatic N) is 2. The van der Waals surface area contributed by atoms with Crippen molar-refractivity contribution in [3.63, 3.8) is 0 Å². The summed E-state index contributed by atoms with van der Waals surface area (Å²) in [5.41, 5.74) is 5.83. The Morgan fingerprint density at radius 2 is 2.35 bits per heavy atom. The van der Waals surface area contributed by atoms with E-state index in [0.29, 0.717) is 11.0 Å². The molecule has 1 unspecified atom stereocenters. The molecule has 2 rings (SSSR count). The van der Waals surface area contributed by atoms with Crippen LogP contribution in [-0.4, -0.2) is 28.2 Å². The predicted octanol–water partition coefficient (Wildman–Crippen LogP) is 1.50. The fraction of sp³-hybridized carbons (Fsp3) is 0.300. The molecule has 2 aromatic rings. The van der Waals surface area contributed by atoms with E-state index in [-0.39, 0.29) is 11.2 Å². The van der Waals surface area contributed by atoms with Gasteiger partial charge in [0.25, 0.3) is 0 Å². The molecule has 0 fully saturated rings. The van der Waals surface area contributed by atoms with Crippen molar-refractivity contribution < 1.29 is 4.79 Å². The van der Waals surface area contributed by atoms with Gasteiger partial charge < -0.3 is 11.1 Å². The minimum atomic E-state index is -0.239. The number of carbonyl (C=O) groups excluding carboxylic acids is 1. The van der Waals surface area contributed by atoms with Gasteiger partial charge in [0, 0.05) is 7.05 Å². The van der Waals surface area contributed by atoms with Gasteiger partial charge in [0.2, 0.25) is 5.91 Å². The zero-order valence-electron chi connectivity index (χ0n) is 9.43. The van der Waals surface area contributed by atoms with Gasteiger partial charge >= 0.3 is 0 Å². The lowest BCUT2D eigenvalue weighted by Crippen LogP contribution is -2.27. The molecule has 0 bridgehead atoms. The van der Waals surface area contributed by atoms with Gasteiger partial charge in [-0.25, -0.2) is 9.97 Å². The van der Waals surface area contributed by atoms with Crippen LogP contribution < -0.4 is 11.1 Å². The van der Waals surface area contributed by atoms with E-state index in [1.807, 2.05) is 18.4 Å². The number of anilines is 1.